The van der Waals surface area contributed by atoms with Gasteiger partial charge in [-0.05, 0) is 63.3 Å². The molecule has 0 aromatic heterocycles. The van der Waals surface area contributed by atoms with Crippen LogP contribution >= 0.6 is 0 Å². The maximum absolute atomic E-state index is 6.17. The van der Waals surface area contributed by atoms with E-state index in [1.165, 1.54) is 51.6 Å². The molecule has 0 spiro atoms. The van der Waals surface area contributed by atoms with Crippen LogP contribution in [0.25, 0.3) is 0 Å². The Bertz CT molecular complexity index is 260. The summed E-state index contributed by atoms with van der Waals surface area (Å²) in [7, 11) is 0. The van der Waals surface area contributed by atoms with Crippen LogP contribution in [0, 0.1) is 17.3 Å². The summed E-state index contributed by atoms with van der Waals surface area (Å²) < 4.78 is 0. The summed E-state index contributed by atoms with van der Waals surface area (Å²) in [4.78, 5) is 2.71. The summed E-state index contributed by atoms with van der Waals surface area (Å²) in [6.07, 6.45) is 8.39. The van der Waals surface area contributed by atoms with Gasteiger partial charge >= 0.3 is 0 Å². The SMILES string of the molecule is CC1CCCC(CN)(CN(CC2CC2)C(C)C)C1. The average Bonchev–Trinajstić information content (AvgIpc) is 3.12. The second kappa shape index (κ2) is 5.92. The van der Waals surface area contributed by atoms with Gasteiger partial charge in [0.05, 0.1) is 0 Å². The van der Waals surface area contributed by atoms with Gasteiger partial charge in [0, 0.05) is 19.1 Å². The maximum atomic E-state index is 6.17. The maximum Gasteiger partial charge on any atom is 0.00530 e. The minimum absolute atomic E-state index is 0.414. The molecule has 0 aromatic rings. The molecule has 2 unspecified atom stereocenters. The van der Waals surface area contributed by atoms with E-state index in [-0.39, 0.29) is 0 Å². The Morgan fingerprint density at radius 2 is 2.00 bits per heavy atom. The van der Waals surface area contributed by atoms with Gasteiger partial charge in [0.15, 0.2) is 0 Å². The average molecular weight is 252 g/mol. The molecule has 0 heterocycles. The van der Waals surface area contributed by atoms with E-state index in [1.54, 1.807) is 0 Å². The van der Waals surface area contributed by atoms with Crippen LogP contribution < -0.4 is 5.73 Å². The molecule has 2 rings (SSSR count). The molecule has 2 N–H and O–H groups in total. The third-order valence-electron chi connectivity index (χ3n) is 5.08. The van der Waals surface area contributed by atoms with Crippen LogP contribution in [0.4, 0.5) is 0 Å². The fourth-order valence-electron chi connectivity index (χ4n) is 3.68. The zero-order chi connectivity index (χ0) is 13.2. The highest BCUT2D eigenvalue weighted by molar-refractivity contribution is 4.91. The van der Waals surface area contributed by atoms with Gasteiger partial charge in [0.1, 0.15) is 0 Å². The lowest BCUT2D eigenvalue weighted by Gasteiger charge is -2.44. The lowest BCUT2D eigenvalue weighted by molar-refractivity contribution is 0.0693. The minimum atomic E-state index is 0.414. The molecule has 0 amide bonds. The molecule has 0 saturated heterocycles. The van der Waals surface area contributed by atoms with Crippen LogP contribution in [0.3, 0.4) is 0 Å². The molecule has 0 radical (unpaired) electrons. The molecular formula is C16H32N2. The minimum Gasteiger partial charge on any atom is -0.330 e. The first-order chi connectivity index (χ1) is 8.54. The van der Waals surface area contributed by atoms with Crippen LogP contribution in [-0.2, 0) is 0 Å². The third kappa shape index (κ3) is 3.71. The van der Waals surface area contributed by atoms with Crippen LogP contribution in [0.5, 0.6) is 0 Å². The van der Waals surface area contributed by atoms with Crippen molar-refractivity contribution in [1.29, 1.82) is 0 Å². The monoisotopic (exact) mass is 252 g/mol. The van der Waals surface area contributed by atoms with Crippen molar-refractivity contribution in [3.63, 3.8) is 0 Å². The van der Waals surface area contributed by atoms with Crippen molar-refractivity contribution in [3.05, 3.63) is 0 Å². The van der Waals surface area contributed by atoms with E-state index < -0.39 is 0 Å². The highest BCUT2D eigenvalue weighted by atomic mass is 15.2. The first kappa shape index (κ1) is 14.3. The molecule has 2 aliphatic rings. The predicted molar refractivity (Wildman–Crippen MR) is 78.6 cm³/mol. The van der Waals surface area contributed by atoms with E-state index in [0.29, 0.717) is 11.5 Å². The predicted octanol–water partition coefficient (Wildman–Crippen LogP) is 3.26. The van der Waals surface area contributed by atoms with Crippen molar-refractivity contribution in [2.75, 3.05) is 19.6 Å². The Kier molecular flexibility index (Phi) is 4.71. The lowest BCUT2D eigenvalue weighted by atomic mass is 9.69. The van der Waals surface area contributed by atoms with Gasteiger partial charge in [-0.1, -0.05) is 19.8 Å². The lowest BCUT2D eigenvalue weighted by Crippen LogP contribution is -2.48. The molecule has 2 heteroatoms. The van der Waals surface area contributed by atoms with Gasteiger partial charge in [-0.25, -0.2) is 0 Å². The Labute approximate surface area is 113 Å². The molecule has 0 bridgehead atoms. The molecule has 2 nitrogen and oxygen atoms in total. The summed E-state index contributed by atoms with van der Waals surface area (Å²) in [5.41, 5.74) is 6.58. The number of hydrogen-bond donors (Lipinski definition) is 1. The Balaban J connectivity index is 1.96. The quantitative estimate of drug-likeness (QED) is 0.786. The van der Waals surface area contributed by atoms with Gasteiger partial charge in [0.2, 0.25) is 0 Å². The van der Waals surface area contributed by atoms with E-state index in [4.69, 9.17) is 5.73 Å². The van der Waals surface area contributed by atoms with Crippen molar-refractivity contribution < 1.29 is 0 Å². The van der Waals surface area contributed by atoms with Crippen LogP contribution in [0.15, 0.2) is 0 Å². The Hall–Kier alpha value is -0.0800. The van der Waals surface area contributed by atoms with Crippen LogP contribution in [0.1, 0.15) is 59.3 Å². The zero-order valence-corrected chi connectivity index (χ0v) is 12.6. The summed E-state index contributed by atoms with van der Waals surface area (Å²) in [6, 6.07) is 0.672. The van der Waals surface area contributed by atoms with E-state index in [0.717, 1.165) is 18.4 Å². The normalized spacial score (nSPS) is 33.3. The first-order valence-electron chi connectivity index (χ1n) is 7.99. The van der Waals surface area contributed by atoms with Crippen LogP contribution in [-0.4, -0.2) is 30.6 Å². The van der Waals surface area contributed by atoms with Crippen molar-refractivity contribution in [1.82, 2.24) is 4.90 Å². The number of hydrogen-bond acceptors (Lipinski definition) is 2. The van der Waals surface area contributed by atoms with Gasteiger partial charge in [-0.2, -0.15) is 0 Å². The van der Waals surface area contributed by atoms with Gasteiger partial charge in [0.25, 0.3) is 0 Å². The van der Waals surface area contributed by atoms with Crippen LogP contribution in [0.2, 0.25) is 0 Å². The molecule has 2 aliphatic carbocycles. The van der Waals surface area contributed by atoms with Crippen molar-refractivity contribution in [2.45, 2.75) is 65.3 Å². The second-order valence-electron chi connectivity index (χ2n) is 7.37. The van der Waals surface area contributed by atoms with Gasteiger partial charge in [-0.3, -0.25) is 0 Å². The summed E-state index contributed by atoms with van der Waals surface area (Å²) in [5.74, 6) is 1.86. The molecule has 18 heavy (non-hydrogen) atoms. The number of nitrogens with zero attached hydrogens (tertiary/aromatic N) is 1. The molecule has 0 aliphatic heterocycles. The van der Waals surface area contributed by atoms with E-state index in [9.17, 15) is 0 Å². The Morgan fingerprint density at radius 1 is 1.28 bits per heavy atom. The Morgan fingerprint density at radius 3 is 2.50 bits per heavy atom. The smallest absolute Gasteiger partial charge is 0.00530 e. The largest absolute Gasteiger partial charge is 0.330 e. The highest BCUT2D eigenvalue weighted by Crippen LogP contribution is 2.40. The van der Waals surface area contributed by atoms with E-state index >= 15 is 0 Å². The molecule has 106 valence electrons. The molecule has 2 fully saturated rings. The van der Waals surface area contributed by atoms with E-state index in [2.05, 4.69) is 25.7 Å². The van der Waals surface area contributed by atoms with Gasteiger partial charge in [-0.15, -0.1) is 0 Å². The third-order valence-corrected chi connectivity index (χ3v) is 5.08. The standard InChI is InChI=1S/C16H32N2/c1-13(2)18(10-15-6-7-15)12-16(11-17)8-4-5-14(3)9-16/h13-15H,4-12,17H2,1-3H3. The van der Waals surface area contributed by atoms with Crippen molar-refractivity contribution in [3.8, 4) is 0 Å². The summed E-state index contributed by atoms with van der Waals surface area (Å²) >= 11 is 0. The summed E-state index contributed by atoms with van der Waals surface area (Å²) in [5, 5.41) is 0. The zero-order valence-electron chi connectivity index (χ0n) is 12.6. The van der Waals surface area contributed by atoms with Gasteiger partial charge < -0.3 is 10.6 Å². The molecule has 2 atom stereocenters. The highest BCUT2D eigenvalue weighted by Gasteiger charge is 2.37. The molecule has 0 aromatic carbocycles. The fraction of sp³-hybridized carbons (Fsp3) is 1.00. The fourth-order valence-corrected chi connectivity index (χ4v) is 3.68. The second-order valence-corrected chi connectivity index (χ2v) is 7.37. The number of nitrogens with two attached hydrogens (primary N) is 1. The van der Waals surface area contributed by atoms with Crippen molar-refractivity contribution >= 4 is 0 Å². The molecular weight excluding hydrogens is 220 g/mol. The topological polar surface area (TPSA) is 29.3 Å². The number of rotatable bonds is 6. The molecule has 2 saturated carbocycles. The van der Waals surface area contributed by atoms with E-state index in [1.807, 2.05) is 0 Å². The summed E-state index contributed by atoms with van der Waals surface area (Å²) in [6.45, 7) is 10.5. The first-order valence-corrected chi connectivity index (χ1v) is 7.99. The van der Waals surface area contributed by atoms with Crippen molar-refractivity contribution in [2.24, 2.45) is 23.0 Å².